The Bertz CT molecular complexity index is 630. The van der Waals surface area contributed by atoms with Crippen LogP contribution in [0, 0.1) is 10.1 Å². The molecule has 0 aliphatic rings. The first kappa shape index (κ1) is 14.1. The molecule has 0 aliphatic heterocycles. The van der Waals surface area contributed by atoms with Gasteiger partial charge < -0.3 is 9.47 Å². The van der Waals surface area contributed by atoms with E-state index in [4.69, 9.17) is 21.1 Å². The van der Waals surface area contributed by atoms with E-state index in [1.807, 2.05) is 24.3 Å². The van der Waals surface area contributed by atoms with Crippen molar-refractivity contribution in [3.63, 3.8) is 0 Å². The summed E-state index contributed by atoms with van der Waals surface area (Å²) in [5.41, 5.74) is 0.795. The highest BCUT2D eigenvalue weighted by molar-refractivity contribution is 6.32. The van der Waals surface area contributed by atoms with Gasteiger partial charge >= 0.3 is 0 Å². The molecule has 2 aromatic carbocycles. The van der Waals surface area contributed by atoms with Crippen molar-refractivity contribution in [2.45, 2.75) is 6.61 Å². The minimum atomic E-state index is -0.504. The maximum absolute atomic E-state index is 10.6. The van der Waals surface area contributed by atoms with Crippen LogP contribution in [0.1, 0.15) is 5.56 Å². The number of halogens is 1. The van der Waals surface area contributed by atoms with Crippen molar-refractivity contribution in [1.29, 1.82) is 0 Å². The first-order valence-electron chi connectivity index (χ1n) is 5.80. The van der Waals surface area contributed by atoms with E-state index in [1.54, 1.807) is 7.11 Å². The lowest BCUT2D eigenvalue weighted by Crippen LogP contribution is -1.99. The van der Waals surface area contributed by atoms with Crippen LogP contribution >= 0.6 is 11.6 Å². The molecule has 2 rings (SSSR count). The van der Waals surface area contributed by atoms with Crippen molar-refractivity contribution in [3.05, 3.63) is 63.2 Å². The summed E-state index contributed by atoms with van der Waals surface area (Å²) in [5, 5.41) is 10.8. The predicted molar refractivity (Wildman–Crippen MR) is 75.4 cm³/mol. The Kier molecular flexibility index (Phi) is 4.42. The molecule has 0 unspecified atom stereocenters. The molecule has 6 heteroatoms. The Hall–Kier alpha value is -2.27. The molecule has 0 fully saturated rings. The van der Waals surface area contributed by atoms with E-state index < -0.39 is 4.92 Å². The summed E-state index contributed by atoms with van der Waals surface area (Å²) < 4.78 is 10.8. The molecule has 20 heavy (non-hydrogen) atoms. The van der Waals surface area contributed by atoms with Gasteiger partial charge in [0.1, 0.15) is 18.1 Å². The number of hydrogen-bond donors (Lipinski definition) is 0. The smallest absolute Gasteiger partial charge is 0.271 e. The van der Waals surface area contributed by atoms with E-state index in [0.717, 1.165) is 5.56 Å². The average molecular weight is 294 g/mol. The Morgan fingerprint density at radius 3 is 2.60 bits per heavy atom. The fourth-order valence-electron chi connectivity index (χ4n) is 1.70. The predicted octanol–water partition coefficient (Wildman–Crippen LogP) is 3.84. The summed E-state index contributed by atoms with van der Waals surface area (Å²) in [4.78, 5) is 10.1. The molecule has 0 N–H and O–H groups in total. The number of nitro groups is 1. The van der Waals surface area contributed by atoms with Gasteiger partial charge in [-0.3, -0.25) is 10.1 Å². The van der Waals surface area contributed by atoms with E-state index in [1.165, 1.54) is 18.2 Å². The molecule has 0 aromatic heterocycles. The van der Waals surface area contributed by atoms with Gasteiger partial charge in [-0.2, -0.15) is 0 Å². The van der Waals surface area contributed by atoms with Crippen LogP contribution in [-0.2, 0) is 6.61 Å². The third kappa shape index (κ3) is 3.19. The van der Waals surface area contributed by atoms with Crippen molar-refractivity contribution >= 4 is 17.3 Å². The van der Waals surface area contributed by atoms with Crippen molar-refractivity contribution in [2.24, 2.45) is 0 Å². The quantitative estimate of drug-likeness (QED) is 0.621. The van der Waals surface area contributed by atoms with Crippen LogP contribution < -0.4 is 9.47 Å². The lowest BCUT2D eigenvalue weighted by molar-refractivity contribution is -0.384. The number of benzene rings is 2. The molecule has 0 heterocycles. The van der Waals surface area contributed by atoms with E-state index in [9.17, 15) is 10.1 Å². The normalized spacial score (nSPS) is 10.1. The Balaban J connectivity index is 2.13. The van der Waals surface area contributed by atoms with Crippen molar-refractivity contribution in [2.75, 3.05) is 7.11 Å². The lowest BCUT2D eigenvalue weighted by Gasteiger charge is -2.10. The zero-order valence-corrected chi connectivity index (χ0v) is 11.5. The summed E-state index contributed by atoms with van der Waals surface area (Å²) in [6.07, 6.45) is 0. The lowest BCUT2D eigenvalue weighted by atomic mass is 10.2. The fourth-order valence-corrected chi connectivity index (χ4v) is 1.93. The number of methoxy groups -OCH3 is 1. The Morgan fingerprint density at radius 2 is 1.95 bits per heavy atom. The SMILES string of the molecule is COc1ccccc1COc1ccc([N+](=O)[O-])cc1Cl. The van der Waals surface area contributed by atoms with Crippen LogP contribution in [0.2, 0.25) is 5.02 Å². The summed E-state index contributed by atoms with van der Waals surface area (Å²) in [7, 11) is 1.58. The first-order valence-corrected chi connectivity index (χ1v) is 6.18. The van der Waals surface area contributed by atoms with Crippen LogP contribution in [0.15, 0.2) is 42.5 Å². The van der Waals surface area contributed by atoms with Gasteiger partial charge in [0.25, 0.3) is 5.69 Å². The number of non-ortho nitro benzene ring substituents is 1. The first-order chi connectivity index (χ1) is 9.61. The second-order valence-corrected chi connectivity index (χ2v) is 4.38. The number of nitrogens with zero attached hydrogens (tertiary/aromatic N) is 1. The maximum atomic E-state index is 10.6. The summed E-state index contributed by atoms with van der Waals surface area (Å²) in [6.45, 7) is 0.265. The van der Waals surface area contributed by atoms with Gasteiger partial charge in [0, 0.05) is 17.7 Å². The number of rotatable bonds is 5. The van der Waals surface area contributed by atoms with Crippen LogP contribution in [0.3, 0.4) is 0 Å². The van der Waals surface area contributed by atoms with Crippen LogP contribution in [0.5, 0.6) is 11.5 Å². The van der Waals surface area contributed by atoms with E-state index in [2.05, 4.69) is 0 Å². The minimum absolute atomic E-state index is 0.0698. The summed E-state index contributed by atoms with van der Waals surface area (Å²) in [5.74, 6) is 1.11. The standard InChI is InChI=1S/C14H12ClNO4/c1-19-13-5-3-2-4-10(13)9-20-14-7-6-11(16(17)18)8-12(14)15/h2-8H,9H2,1H3. The highest BCUT2D eigenvalue weighted by Crippen LogP contribution is 2.30. The van der Waals surface area contributed by atoms with Crippen molar-refractivity contribution in [3.8, 4) is 11.5 Å². The number of ether oxygens (including phenoxy) is 2. The molecule has 0 bridgehead atoms. The Labute approximate surface area is 120 Å². The van der Waals surface area contributed by atoms with Gasteiger partial charge in [-0.1, -0.05) is 29.8 Å². The summed E-state index contributed by atoms with van der Waals surface area (Å²) in [6, 6.07) is 11.5. The largest absolute Gasteiger partial charge is 0.496 e. The van der Waals surface area contributed by atoms with Gasteiger partial charge in [0.05, 0.1) is 17.1 Å². The fraction of sp³-hybridized carbons (Fsp3) is 0.143. The highest BCUT2D eigenvalue weighted by Gasteiger charge is 2.11. The maximum Gasteiger partial charge on any atom is 0.271 e. The number of hydrogen-bond acceptors (Lipinski definition) is 4. The molecule has 0 radical (unpaired) electrons. The third-order valence-electron chi connectivity index (χ3n) is 2.70. The zero-order valence-electron chi connectivity index (χ0n) is 10.7. The molecular weight excluding hydrogens is 282 g/mol. The second-order valence-electron chi connectivity index (χ2n) is 3.97. The highest BCUT2D eigenvalue weighted by atomic mass is 35.5. The van der Waals surface area contributed by atoms with Crippen LogP contribution in [-0.4, -0.2) is 12.0 Å². The van der Waals surface area contributed by atoms with E-state index in [0.29, 0.717) is 11.5 Å². The molecule has 0 amide bonds. The number of para-hydroxylation sites is 1. The minimum Gasteiger partial charge on any atom is -0.496 e. The molecule has 0 saturated heterocycles. The van der Waals surface area contributed by atoms with E-state index >= 15 is 0 Å². The van der Waals surface area contributed by atoms with E-state index in [-0.39, 0.29) is 17.3 Å². The summed E-state index contributed by atoms with van der Waals surface area (Å²) >= 11 is 5.95. The topological polar surface area (TPSA) is 61.6 Å². The molecule has 104 valence electrons. The van der Waals surface area contributed by atoms with Gasteiger partial charge in [-0.15, -0.1) is 0 Å². The molecule has 0 spiro atoms. The van der Waals surface area contributed by atoms with Gasteiger partial charge in [0.2, 0.25) is 0 Å². The van der Waals surface area contributed by atoms with Gasteiger partial charge in [0.15, 0.2) is 0 Å². The molecule has 2 aromatic rings. The average Bonchev–Trinajstić information content (AvgIpc) is 2.46. The molecule has 0 atom stereocenters. The van der Waals surface area contributed by atoms with Crippen molar-refractivity contribution in [1.82, 2.24) is 0 Å². The third-order valence-corrected chi connectivity index (χ3v) is 3.00. The van der Waals surface area contributed by atoms with Gasteiger partial charge in [-0.05, 0) is 12.1 Å². The second kappa shape index (κ2) is 6.25. The van der Waals surface area contributed by atoms with Crippen molar-refractivity contribution < 1.29 is 14.4 Å². The molecule has 5 nitrogen and oxygen atoms in total. The molecular formula is C14H12ClNO4. The van der Waals surface area contributed by atoms with Crippen LogP contribution in [0.4, 0.5) is 5.69 Å². The van der Waals surface area contributed by atoms with Gasteiger partial charge in [-0.25, -0.2) is 0 Å². The Morgan fingerprint density at radius 1 is 1.20 bits per heavy atom. The zero-order chi connectivity index (χ0) is 14.5. The van der Waals surface area contributed by atoms with Crippen LogP contribution in [0.25, 0.3) is 0 Å². The molecule has 0 saturated carbocycles. The molecule has 0 aliphatic carbocycles. The monoisotopic (exact) mass is 293 g/mol. The number of nitro benzene ring substituents is 1.